The van der Waals surface area contributed by atoms with Crippen LogP contribution in [-0.2, 0) is 0 Å². The topological polar surface area (TPSA) is 50.7 Å². The molecule has 1 aliphatic carbocycles. The minimum Gasteiger partial charge on any atom is -0.346 e. The second kappa shape index (κ2) is 3.56. The summed E-state index contributed by atoms with van der Waals surface area (Å²) in [7, 11) is 0. The molecule has 4 nitrogen and oxygen atoms in total. The summed E-state index contributed by atoms with van der Waals surface area (Å²) in [6, 6.07) is 7.69. The summed E-state index contributed by atoms with van der Waals surface area (Å²) in [5, 5.41) is 11.4. The van der Waals surface area contributed by atoms with Crippen molar-refractivity contribution in [3.05, 3.63) is 24.3 Å². The number of halogens is 1. The maximum Gasteiger partial charge on any atom is 0.243 e. The Morgan fingerprint density at radius 2 is 1.94 bits per heavy atom. The zero-order valence-electron chi connectivity index (χ0n) is 8.65. The summed E-state index contributed by atoms with van der Waals surface area (Å²) in [5.41, 5.74) is 1.67. The van der Waals surface area contributed by atoms with E-state index in [1.54, 1.807) is 0 Å². The molecule has 1 N–H and O–H groups in total. The summed E-state index contributed by atoms with van der Waals surface area (Å²) in [5.74, 6) is 1.15. The van der Waals surface area contributed by atoms with Gasteiger partial charge in [0.15, 0.2) is 0 Å². The molecule has 0 atom stereocenters. The fourth-order valence-corrected chi connectivity index (χ4v) is 1.95. The van der Waals surface area contributed by atoms with Crippen molar-refractivity contribution in [2.75, 3.05) is 11.2 Å². The van der Waals surface area contributed by atoms with Gasteiger partial charge in [-0.1, -0.05) is 12.1 Å². The van der Waals surface area contributed by atoms with E-state index >= 15 is 0 Å². The van der Waals surface area contributed by atoms with E-state index in [1.807, 2.05) is 24.3 Å². The predicted molar refractivity (Wildman–Crippen MR) is 63.6 cm³/mol. The van der Waals surface area contributed by atoms with Crippen LogP contribution >= 0.6 is 11.6 Å². The number of nitrogens with one attached hydrogen (secondary N) is 1. The number of rotatable bonds is 3. The molecule has 5 heteroatoms. The molecule has 0 spiro atoms. The number of anilines is 1. The van der Waals surface area contributed by atoms with Crippen molar-refractivity contribution in [1.82, 2.24) is 15.2 Å². The van der Waals surface area contributed by atoms with Crippen LogP contribution in [-0.4, -0.2) is 26.6 Å². The fraction of sp³-hybridized carbons (Fsp3) is 0.364. The largest absolute Gasteiger partial charge is 0.346 e. The van der Waals surface area contributed by atoms with Crippen molar-refractivity contribution in [2.45, 2.75) is 18.4 Å². The van der Waals surface area contributed by atoms with Crippen molar-refractivity contribution >= 4 is 28.6 Å². The van der Waals surface area contributed by atoms with Crippen molar-refractivity contribution < 1.29 is 0 Å². The summed E-state index contributed by atoms with van der Waals surface area (Å²) in [4.78, 5) is 4.40. The third-order valence-electron chi connectivity index (χ3n) is 2.85. The van der Waals surface area contributed by atoms with Gasteiger partial charge < -0.3 is 5.32 Å². The highest BCUT2D eigenvalue weighted by Gasteiger charge is 2.42. The molecule has 0 aliphatic heterocycles. The van der Waals surface area contributed by atoms with Gasteiger partial charge in [-0.25, -0.2) is 4.98 Å². The van der Waals surface area contributed by atoms with E-state index in [9.17, 15) is 0 Å². The Morgan fingerprint density at radius 1 is 1.19 bits per heavy atom. The maximum atomic E-state index is 5.89. The van der Waals surface area contributed by atoms with Crippen molar-refractivity contribution in [1.29, 1.82) is 0 Å². The van der Waals surface area contributed by atoms with Crippen LogP contribution in [0.25, 0.3) is 11.0 Å². The third-order valence-corrected chi connectivity index (χ3v) is 3.36. The Hall–Kier alpha value is -1.42. The number of hydrogen-bond acceptors (Lipinski definition) is 4. The van der Waals surface area contributed by atoms with E-state index in [0.717, 1.165) is 23.9 Å². The molecule has 0 unspecified atom stereocenters. The van der Waals surface area contributed by atoms with Crippen LogP contribution in [0, 0.1) is 0 Å². The van der Waals surface area contributed by atoms with Gasteiger partial charge in [-0.2, -0.15) is 0 Å². The van der Waals surface area contributed by atoms with Crippen molar-refractivity contribution in [3.8, 4) is 0 Å². The lowest BCUT2D eigenvalue weighted by atomic mass is 10.3. The van der Waals surface area contributed by atoms with Gasteiger partial charge in [-0.15, -0.1) is 21.8 Å². The highest BCUT2D eigenvalue weighted by atomic mass is 35.5. The number of hydrogen-bond donors (Lipinski definition) is 1. The first-order valence-electron chi connectivity index (χ1n) is 5.25. The van der Waals surface area contributed by atoms with Gasteiger partial charge in [0.25, 0.3) is 0 Å². The van der Waals surface area contributed by atoms with E-state index in [4.69, 9.17) is 11.6 Å². The first-order valence-corrected chi connectivity index (χ1v) is 5.78. The number of para-hydroxylation sites is 1. The second-order valence-electron chi connectivity index (χ2n) is 4.16. The minimum absolute atomic E-state index is 0.00565. The number of nitrogens with zero attached hydrogens (tertiary/aromatic N) is 3. The number of aromatic nitrogens is 3. The molecule has 1 aromatic carbocycles. The molecule has 1 fully saturated rings. The van der Waals surface area contributed by atoms with Crippen LogP contribution in [0.3, 0.4) is 0 Å². The fourth-order valence-electron chi connectivity index (χ4n) is 1.61. The van der Waals surface area contributed by atoms with Gasteiger partial charge >= 0.3 is 0 Å². The molecule has 3 rings (SSSR count). The van der Waals surface area contributed by atoms with E-state index in [1.165, 1.54) is 0 Å². The lowest BCUT2D eigenvalue weighted by Gasteiger charge is -2.12. The molecule has 0 bridgehead atoms. The smallest absolute Gasteiger partial charge is 0.243 e. The zero-order chi connectivity index (χ0) is 11.0. The van der Waals surface area contributed by atoms with Gasteiger partial charge in [0, 0.05) is 5.88 Å². The van der Waals surface area contributed by atoms with Gasteiger partial charge in [0.05, 0.1) is 11.1 Å². The monoisotopic (exact) mass is 234 g/mol. The van der Waals surface area contributed by atoms with Crippen LogP contribution in [0.4, 0.5) is 5.95 Å². The molecular formula is C11H11ClN4. The summed E-state index contributed by atoms with van der Waals surface area (Å²) in [6.45, 7) is 0. The molecule has 0 amide bonds. The summed E-state index contributed by atoms with van der Waals surface area (Å²) >= 11 is 5.89. The summed E-state index contributed by atoms with van der Waals surface area (Å²) < 4.78 is 0. The van der Waals surface area contributed by atoms with E-state index in [0.29, 0.717) is 11.8 Å². The molecular weight excluding hydrogens is 224 g/mol. The first kappa shape index (κ1) is 9.78. The second-order valence-corrected chi connectivity index (χ2v) is 4.43. The zero-order valence-corrected chi connectivity index (χ0v) is 9.41. The molecule has 2 aromatic rings. The Labute approximate surface area is 98.0 Å². The van der Waals surface area contributed by atoms with Crippen LogP contribution in [0.2, 0.25) is 0 Å². The number of fused-ring (bicyclic) bond motifs is 1. The first-order chi connectivity index (χ1) is 7.81. The van der Waals surface area contributed by atoms with E-state index < -0.39 is 0 Å². The lowest BCUT2D eigenvalue weighted by Crippen LogP contribution is -2.24. The van der Waals surface area contributed by atoms with Gasteiger partial charge in [-0.05, 0) is 25.0 Å². The van der Waals surface area contributed by atoms with Crippen LogP contribution in [0.5, 0.6) is 0 Å². The molecule has 1 saturated carbocycles. The lowest BCUT2D eigenvalue weighted by molar-refractivity contribution is 0.809. The molecule has 1 heterocycles. The van der Waals surface area contributed by atoms with Crippen molar-refractivity contribution in [2.24, 2.45) is 0 Å². The average Bonchev–Trinajstić information content (AvgIpc) is 3.09. The van der Waals surface area contributed by atoms with Gasteiger partial charge in [-0.3, -0.25) is 0 Å². The minimum atomic E-state index is 0.00565. The molecule has 16 heavy (non-hydrogen) atoms. The SMILES string of the molecule is ClCC1(Nc2nnc3ccccc3n2)CC1. The Morgan fingerprint density at radius 3 is 2.62 bits per heavy atom. The third kappa shape index (κ3) is 1.69. The van der Waals surface area contributed by atoms with Crippen LogP contribution < -0.4 is 5.32 Å². The summed E-state index contributed by atoms with van der Waals surface area (Å²) in [6.07, 6.45) is 2.15. The Bertz CT molecular complexity index is 524. The highest BCUT2D eigenvalue weighted by molar-refractivity contribution is 6.19. The number of benzene rings is 1. The standard InChI is InChI=1S/C11H11ClN4/c12-7-11(5-6-11)14-10-13-8-3-1-2-4-9(8)15-16-10/h1-4H,5-7H2,(H,13,14,16). The highest BCUT2D eigenvalue weighted by Crippen LogP contribution is 2.39. The van der Waals surface area contributed by atoms with Crippen LogP contribution in [0.15, 0.2) is 24.3 Å². The van der Waals surface area contributed by atoms with E-state index in [-0.39, 0.29) is 5.54 Å². The average molecular weight is 235 g/mol. The Kier molecular flexibility index (Phi) is 2.17. The Balaban J connectivity index is 1.93. The van der Waals surface area contributed by atoms with Crippen LogP contribution in [0.1, 0.15) is 12.8 Å². The molecule has 0 radical (unpaired) electrons. The van der Waals surface area contributed by atoms with Gasteiger partial charge in [0.2, 0.25) is 5.95 Å². The predicted octanol–water partition coefficient (Wildman–Crippen LogP) is 2.21. The molecule has 1 aliphatic rings. The van der Waals surface area contributed by atoms with E-state index in [2.05, 4.69) is 20.5 Å². The maximum absolute atomic E-state index is 5.89. The molecule has 1 aromatic heterocycles. The van der Waals surface area contributed by atoms with Crippen molar-refractivity contribution in [3.63, 3.8) is 0 Å². The normalized spacial score (nSPS) is 17.3. The molecule has 82 valence electrons. The van der Waals surface area contributed by atoms with Gasteiger partial charge in [0.1, 0.15) is 5.52 Å². The quantitative estimate of drug-likeness (QED) is 0.828. The number of alkyl halides is 1. The molecule has 0 saturated heterocycles.